The summed E-state index contributed by atoms with van der Waals surface area (Å²) in [5.41, 5.74) is 0.769. The molecule has 0 aliphatic heterocycles. The van der Waals surface area contributed by atoms with Crippen LogP contribution < -0.4 is 10.6 Å². The summed E-state index contributed by atoms with van der Waals surface area (Å²) >= 11 is 6.01. The minimum absolute atomic E-state index is 0. The highest BCUT2D eigenvalue weighted by Crippen LogP contribution is 2.21. The molecule has 2 aromatic heterocycles. The van der Waals surface area contributed by atoms with Crippen LogP contribution >= 0.6 is 25.1 Å². The number of sulfone groups is 1. The Bertz CT molecular complexity index is 1580. The standard InChI is InChI=1S/C24H20ClFN6O4S.H2S/c1-14(30-24(34)16-9-17(25)11-20(10-16)37(2,35)36)22-28-13-29-32(22)21-8-7-19(12-27-21)31-23(33)15-3-5-18(26)6-4-15;/h3-14H,1-2H3,(H,30,34)(H,31,33);1H2/t14-;/m1./s1. The summed E-state index contributed by atoms with van der Waals surface area (Å²) in [5.74, 6) is -0.693. The molecule has 0 saturated heterocycles. The molecule has 2 aromatic carbocycles. The molecule has 0 fully saturated rings. The highest BCUT2D eigenvalue weighted by atomic mass is 35.5. The summed E-state index contributed by atoms with van der Waals surface area (Å²) in [6.07, 6.45) is 3.74. The van der Waals surface area contributed by atoms with E-state index in [9.17, 15) is 22.4 Å². The molecular formula is C24H22ClFN6O4S2. The van der Waals surface area contributed by atoms with Crippen LogP contribution in [0.15, 0.2) is 72.0 Å². The van der Waals surface area contributed by atoms with Crippen molar-refractivity contribution in [2.75, 3.05) is 11.6 Å². The summed E-state index contributed by atoms with van der Waals surface area (Å²) in [5, 5.41) is 9.69. The SMILES string of the molecule is C[C@@H](NC(=O)c1cc(Cl)cc(S(C)(=O)=O)c1)c1ncnn1-c1ccc(NC(=O)c2ccc(F)cc2)cn1.S. The maximum absolute atomic E-state index is 13.1. The minimum Gasteiger partial charge on any atom is -0.342 e. The number of hydrogen-bond acceptors (Lipinski definition) is 7. The van der Waals surface area contributed by atoms with Gasteiger partial charge in [0.1, 0.15) is 12.1 Å². The fourth-order valence-electron chi connectivity index (χ4n) is 3.36. The molecule has 0 spiro atoms. The highest BCUT2D eigenvalue weighted by molar-refractivity contribution is 7.90. The van der Waals surface area contributed by atoms with E-state index in [1.807, 2.05) is 0 Å². The molecule has 4 rings (SSSR count). The number of hydrogen-bond donors (Lipinski definition) is 2. The lowest BCUT2D eigenvalue weighted by Gasteiger charge is -2.15. The number of benzene rings is 2. The van der Waals surface area contributed by atoms with E-state index < -0.39 is 33.5 Å². The molecule has 2 N–H and O–H groups in total. The molecule has 2 heterocycles. The van der Waals surface area contributed by atoms with E-state index in [-0.39, 0.29) is 34.5 Å². The Labute approximate surface area is 229 Å². The Morgan fingerprint density at radius 3 is 2.34 bits per heavy atom. The molecule has 14 heteroatoms. The molecule has 198 valence electrons. The van der Waals surface area contributed by atoms with Gasteiger partial charge in [-0.3, -0.25) is 9.59 Å². The predicted octanol–water partition coefficient (Wildman–Crippen LogP) is 3.71. The molecule has 4 aromatic rings. The van der Waals surface area contributed by atoms with Gasteiger partial charge in [-0.05, 0) is 61.5 Å². The maximum Gasteiger partial charge on any atom is 0.255 e. The van der Waals surface area contributed by atoms with Gasteiger partial charge in [0.2, 0.25) is 0 Å². The van der Waals surface area contributed by atoms with E-state index in [0.29, 0.717) is 17.3 Å². The second-order valence-corrected chi connectivity index (χ2v) is 10.5. The van der Waals surface area contributed by atoms with Gasteiger partial charge in [0, 0.05) is 22.4 Å². The van der Waals surface area contributed by atoms with Crippen LogP contribution in [-0.4, -0.2) is 46.2 Å². The van der Waals surface area contributed by atoms with E-state index in [0.717, 1.165) is 6.26 Å². The van der Waals surface area contributed by atoms with Crippen LogP contribution in [-0.2, 0) is 9.84 Å². The lowest BCUT2D eigenvalue weighted by atomic mass is 10.2. The van der Waals surface area contributed by atoms with Crippen molar-refractivity contribution in [1.29, 1.82) is 0 Å². The third kappa shape index (κ3) is 6.73. The number of pyridine rings is 1. The first kappa shape index (κ1) is 28.8. The molecule has 0 bridgehead atoms. The zero-order chi connectivity index (χ0) is 26.7. The minimum atomic E-state index is -3.57. The Kier molecular flexibility index (Phi) is 8.86. The van der Waals surface area contributed by atoms with Crippen LogP contribution in [0.4, 0.5) is 10.1 Å². The zero-order valence-corrected chi connectivity index (χ0v) is 22.6. The molecule has 0 aliphatic carbocycles. The molecule has 2 amide bonds. The number of amides is 2. The average Bonchev–Trinajstić information content (AvgIpc) is 3.34. The number of carbonyl (C=O) groups is 2. The Morgan fingerprint density at radius 2 is 1.71 bits per heavy atom. The maximum atomic E-state index is 13.1. The molecule has 1 atom stereocenters. The van der Waals surface area contributed by atoms with Crippen LogP contribution in [0.3, 0.4) is 0 Å². The van der Waals surface area contributed by atoms with Crippen molar-refractivity contribution < 1.29 is 22.4 Å². The zero-order valence-electron chi connectivity index (χ0n) is 20.0. The molecule has 0 radical (unpaired) electrons. The van der Waals surface area contributed by atoms with Gasteiger partial charge in [0.25, 0.3) is 11.8 Å². The second kappa shape index (κ2) is 11.7. The van der Waals surface area contributed by atoms with Crippen LogP contribution in [0.2, 0.25) is 5.02 Å². The molecule has 38 heavy (non-hydrogen) atoms. The molecule has 0 unspecified atom stereocenters. The van der Waals surface area contributed by atoms with Crippen molar-refractivity contribution >= 4 is 52.4 Å². The summed E-state index contributed by atoms with van der Waals surface area (Å²) in [6.45, 7) is 1.68. The van der Waals surface area contributed by atoms with Crippen molar-refractivity contribution in [3.63, 3.8) is 0 Å². The average molecular weight is 577 g/mol. The first-order valence-corrected chi connectivity index (χ1v) is 13.0. The lowest BCUT2D eigenvalue weighted by molar-refractivity contribution is 0.0937. The third-order valence-electron chi connectivity index (χ3n) is 5.20. The number of nitrogens with zero attached hydrogens (tertiary/aromatic N) is 4. The van der Waals surface area contributed by atoms with Crippen LogP contribution in [0.1, 0.15) is 39.5 Å². The van der Waals surface area contributed by atoms with Gasteiger partial charge in [0.05, 0.1) is 22.8 Å². The first-order chi connectivity index (χ1) is 17.5. The van der Waals surface area contributed by atoms with E-state index in [1.54, 1.807) is 19.1 Å². The molecule has 0 saturated carbocycles. The second-order valence-electron chi connectivity index (χ2n) is 8.04. The fraction of sp³-hybridized carbons (Fsp3) is 0.125. The van der Waals surface area contributed by atoms with Crippen molar-refractivity contribution in [2.45, 2.75) is 17.9 Å². The van der Waals surface area contributed by atoms with Crippen LogP contribution in [0.5, 0.6) is 0 Å². The number of nitrogens with one attached hydrogen (secondary N) is 2. The topological polar surface area (TPSA) is 136 Å². The highest BCUT2D eigenvalue weighted by Gasteiger charge is 2.20. The fourth-order valence-corrected chi connectivity index (χ4v) is 4.35. The van der Waals surface area contributed by atoms with Crippen molar-refractivity contribution in [3.8, 4) is 5.82 Å². The summed E-state index contributed by atoms with van der Waals surface area (Å²) in [7, 11) is -3.57. The van der Waals surface area contributed by atoms with Crippen molar-refractivity contribution in [1.82, 2.24) is 25.1 Å². The number of carbonyl (C=O) groups excluding carboxylic acids is 2. The number of anilines is 1. The molecule has 10 nitrogen and oxygen atoms in total. The van der Waals surface area contributed by atoms with Gasteiger partial charge < -0.3 is 10.6 Å². The van der Waals surface area contributed by atoms with E-state index in [4.69, 9.17) is 11.6 Å². The summed E-state index contributed by atoms with van der Waals surface area (Å²) < 4.78 is 38.2. The summed E-state index contributed by atoms with van der Waals surface area (Å²) in [4.78, 5) is 33.6. The lowest BCUT2D eigenvalue weighted by Crippen LogP contribution is -2.29. The van der Waals surface area contributed by atoms with Gasteiger partial charge in [-0.1, -0.05) is 11.6 Å². The van der Waals surface area contributed by atoms with E-state index >= 15 is 0 Å². The number of halogens is 2. The van der Waals surface area contributed by atoms with Crippen LogP contribution in [0, 0.1) is 5.82 Å². The third-order valence-corrected chi connectivity index (χ3v) is 6.51. The smallest absolute Gasteiger partial charge is 0.255 e. The van der Waals surface area contributed by atoms with Gasteiger partial charge >= 0.3 is 0 Å². The Hall–Kier alpha value is -3.81. The van der Waals surface area contributed by atoms with E-state index in [1.165, 1.54) is 59.7 Å². The predicted molar refractivity (Wildman–Crippen MR) is 144 cm³/mol. The molecular weight excluding hydrogens is 555 g/mol. The van der Waals surface area contributed by atoms with Crippen molar-refractivity contribution in [2.24, 2.45) is 0 Å². The summed E-state index contributed by atoms with van der Waals surface area (Å²) in [6, 6.07) is 11.6. The number of aromatic nitrogens is 4. The molecule has 0 aliphatic rings. The van der Waals surface area contributed by atoms with Crippen LogP contribution in [0.25, 0.3) is 5.82 Å². The van der Waals surface area contributed by atoms with Crippen molar-refractivity contribution in [3.05, 3.63) is 94.9 Å². The van der Waals surface area contributed by atoms with Gasteiger partial charge in [0.15, 0.2) is 21.5 Å². The van der Waals surface area contributed by atoms with Gasteiger partial charge in [-0.2, -0.15) is 23.3 Å². The quantitative estimate of drug-likeness (QED) is 0.342. The van der Waals surface area contributed by atoms with E-state index in [2.05, 4.69) is 25.7 Å². The van der Waals surface area contributed by atoms with Gasteiger partial charge in [-0.15, -0.1) is 0 Å². The largest absolute Gasteiger partial charge is 0.342 e. The number of rotatable bonds is 7. The monoisotopic (exact) mass is 576 g/mol. The van der Waals surface area contributed by atoms with Gasteiger partial charge in [-0.25, -0.2) is 22.8 Å². The normalized spacial score (nSPS) is 11.8. The Morgan fingerprint density at radius 1 is 1.00 bits per heavy atom. The first-order valence-electron chi connectivity index (χ1n) is 10.8. The Balaban J connectivity index is 0.00000400.